The summed E-state index contributed by atoms with van der Waals surface area (Å²) in [5, 5.41) is 12.7. The van der Waals surface area contributed by atoms with Gasteiger partial charge in [0.05, 0.1) is 5.69 Å². The molecule has 0 aliphatic heterocycles. The SMILES string of the molecule is Cc1ccc(NC(=O)C2CC3CCC2C3)c(O)c1. The summed E-state index contributed by atoms with van der Waals surface area (Å²) in [7, 11) is 0. The van der Waals surface area contributed by atoms with Crippen LogP contribution in [0.2, 0.25) is 0 Å². The zero-order valence-corrected chi connectivity index (χ0v) is 10.6. The molecule has 3 heteroatoms. The van der Waals surface area contributed by atoms with Gasteiger partial charge in [-0.2, -0.15) is 0 Å². The number of rotatable bonds is 2. The van der Waals surface area contributed by atoms with Crippen molar-refractivity contribution in [3.05, 3.63) is 23.8 Å². The predicted octanol–water partition coefficient (Wildman–Crippen LogP) is 3.08. The molecule has 0 saturated heterocycles. The number of amides is 1. The fourth-order valence-corrected chi connectivity index (χ4v) is 3.54. The number of carbonyl (C=O) groups is 1. The van der Waals surface area contributed by atoms with Crippen LogP contribution in [0.25, 0.3) is 0 Å². The van der Waals surface area contributed by atoms with Crippen molar-refractivity contribution in [1.82, 2.24) is 0 Å². The molecule has 0 heterocycles. The maximum absolute atomic E-state index is 12.2. The molecular weight excluding hydrogens is 226 g/mol. The Labute approximate surface area is 107 Å². The summed E-state index contributed by atoms with van der Waals surface area (Å²) in [5.41, 5.74) is 1.53. The lowest BCUT2D eigenvalue weighted by Crippen LogP contribution is -2.27. The molecule has 18 heavy (non-hydrogen) atoms. The first-order valence-corrected chi connectivity index (χ1v) is 6.74. The Morgan fingerprint density at radius 3 is 2.78 bits per heavy atom. The van der Waals surface area contributed by atoms with Crippen molar-refractivity contribution >= 4 is 11.6 Å². The molecule has 2 fully saturated rings. The van der Waals surface area contributed by atoms with Crippen LogP contribution < -0.4 is 5.32 Å². The van der Waals surface area contributed by atoms with E-state index in [-0.39, 0.29) is 17.6 Å². The smallest absolute Gasteiger partial charge is 0.227 e. The Hall–Kier alpha value is -1.51. The Balaban J connectivity index is 1.71. The number of aromatic hydroxyl groups is 1. The highest BCUT2D eigenvalue weighted by Crippen LogP contribution is 2.48. The average molecular weight is 245 g/mol. The summed E-state index contributed by atoms with van der Waals surface area (Å²) in [6.07, 6.45) is 4.74. The van der Waals surface area contributed by atoms with Crippen LogP contribution in [0, 0.1) is 24.7 Å². The van der Waals surface area contributed by atoms with Crippen LogP contribution in [0.4, 0.5) is 5.69 Å². The van der Waals surface area contributed by atoms with Gasteiger partial charge in [0.2, 0.25) is 5.91 Å². The number of fused-ring (bicyclic) bond motifs is 2. The number of phenolic OH excluding ortho intramolecular Hbond substituents is 1. The van der Waals surface area contributed by atoms with E-state index >= 15 is 0 Å². The Morgan fingerprint density at radius 2 is 2.17 bits per heavy atom. The minimum absolute atomic E-state index is 0.0846. The third-order valence-corrected chi connectivity index (χ3v) is 4.49. The summed E-state index contributed by atoms with van der Waals surface area (Å²) < 4.78 is 0. The molecule has 2 aliphatic carbocycles. The number of anilines is 1. The van der Waals surface area contributed by atoms with Gasteiger partial charge in [0.25, 0.3) is 0 Å². The minimum atomic E-state index is 0.0846. The van der Waals surface area contributed by atoms with Gasteiger partial charge in [-0.05, 0) is 55.7 Å². The average Bonchev–Trinajstić information content (AvgIpc) is 2.94. The lowest BCUT2D eigenvalue weighted by atomic mass is 9.88. The van der Waals surface area contributed by atoms with E-state index in [0.717, 1.165) is 17.9 Å². The van der Waals surface area contributed by atoms with Crippen LogP contribution in [0.3, 0.4) is 0 Å². The van der Waals surface area contributed by atoms with Crippen molar-refractivity contribution in [2.75, 3.05) is 5.32 Å². The molecule has 0 spiro atoms. The molecule has 3 rings (SSSR count). The van der Waals surface area contributed by atoms with E-state index in [0.29, 0.717) is 11.6 Å². The van der Waals surface area contributed by atoms with Crippen molar-refractivity contribution in [3.63, 3.8) is 0 Å². The van der Waals surface area contributed by atoms with Gasteiger partial charge in [-0.15, -0.1) is 0 Å². The monoisotopic (exact) mass is 245 g/mol. The first kappa shape index (κ1) is 11.6. The lowest BCUT2D eigenvalue weighted by molar-refractivity contribution is -0.121. The van der Waals surface area contributed by atoms with Crippen LogP contribution >= 0.6 is 0 Å². The third-order valence-electron chi connectivity index (χ3n) is 4.49. The van der Waals surface area contributed by atoms with Gasteiger partial charge in [0.1, 0.15) is 5.75 Å². The van der Waals surface area contributed by atoms with Crippen molar-refractivity contribution in [2.45, 2.75) is 32.6 Å². The predicted molar refractivity (Wildman–Crippen MR) is 70.4 cm³/mol. The van der Waals surface area contributed by atoms with E-state index in [2.05, 4.69) is 5.32 Å². The summed E-state index contributed by atoms with van der Waals surface area (Å²) >= 11 is 0. The molecule has 96 valence electrons. The van der Waals surface area contributed by atoms with Gasteiger partial charge in [0.15, 0.2) is 0 Å². The van der Waals surface area contributed by atoms with Gasteiger partial charge >= 0.3 is 0 Å². The van der Waals surface area contributed by atoms with Crippen LogP contribution in [-0.4, -0.2) is 11.0 Å². The van der Waals surface area contributed by atoms with Gasteiger partial charge < -0.3 is 10.4 Å². The number of benzene rings is 1. The normalized spacial score (nSPS) is 29.5. The van der Waals surface area contributed by atoms with Crippen LogP contribution in [0.15, 0.2) is 18.2 Å². The first-order chi connectivity index (χ1) is 8.63. The number of nitrogens with one attached hydrogen (secondary N) is 1. The van der Waals surface area contributed by atoms with E-state index in [9.17, 15) is 9.90 Å². The summed E-state index contributed by atoms with van der Waals surface area (Å²) in [5.74, 6) is 1.73. The summed E-state index contributed by atoms with van der Waals surface area (Å²) in [4.78, 5) is 12.2. The highest BCUT2D eigenvalue weighted by Gasteiger charge is 2.43. The number of hydrogen-bond donors (Lipinski definition) is 2. The summed E-state index contributed by atoms with van der Waals surface area (Å²) in [6.45, 7) is 1.92. The molecule has 0 aromatic heterocycles. The number of hydrogen-bond acceptors (Lipinski definition) is 2. The highest BCUT2D eigenvalue weighted by molar-refractivity contribution is 5.94. The standard InChI is InChI=1S/C15H19NO2/c1-9-2-5-13(14(17)6-9)16-15(18)12-8-10-3-4-11(12)7-10/h2,5-6,10-12,17H,3-4,7-8H2,1H3,(H,16,18). The van der Waals surface area contributed by atoms with Gasteiger partial charge in [-0.1, -0.05) is 12.5 Å². The van der Waals surface area contributed by atoms with Gasteiger partial charge in [0, 0.05) is 5.92 Å². The molecule has 1 aromatic carbocycles. The fraction of sp³-hybridized carbons (Fsp3) is 0.533. The summed E-state index contributed by atoms with van der Waals surface area (Å²) in [6, 6.07) is 5.35. The van der Waals surface area contributed by atoms with Crippen LogP contribution in [0.5, 0.6) is 5.75 Å². The molecule has 2 bridgehead atoms. The van der Waals surface area contributed by atoms with E-state index in [1.807, 2.05) is 13.0 Å². The quantitative estimate of drug-likeness (QED) is 0.787. The van der Waals surface area contributed by atoms with E-state index in [4.69, 9.17) is 0 Å². The molecule has 2 aliphatic rings. The molecule has 2 saturated carbocycles. The second kappa shape index (κ2) is 4.30. The number of carbonyl (C=O) groups excluding carboxylic acids is 1. The molecule has 1 aromatic rings. The van der Waals surface area contributed by atoms with Crippen molar-refractivity contribution < 1.29 is 9.90 Å². The minimum Gasteiger partial charge on any atom is -0.506 e. The van der Waals surface area contributed by atoms with Crippen molar-refractivity contribution in [3.8, 4) is 5.75 Å². The molecule has 3 nitrogen and oxygen atoms in total. The number of phenols is 1. The largest absolute Gasteiger partial charge is 0.506 e. The molecule has 3 unspecified atom stereocenters. The lowest BCUT2D eigenvalue weighted by Gasteiger charge is -2.21. The molecular formula is C15H19NO2. The zero-order valence-electron chi connectivity index (χ0n) is 10.6. The Morgan fingerprint density at radius 1 is 1.33 bits per heavy atom. The second-order valence-corrected chi connectivity index (χ2v) is 5.79. The van der Waals surface area contributed by atoms with Gasteiger partial charge in [-0.3, -0.25) is 4.79 Å². The van der Waals surface area contributed by atoms with E-state index in [1.54, 1.807) is 12.1 Å². The maximum atomic E-state index is 12.2. The van der Waals surface area contributed by atoms with E-state index in [1.165, 1.54) is 19.3 Å². The van der Waals surface area contributed by atoms with Crippen molar-refractivity contribution in [1.29, 1.82) is 0 Å². The zero-order chi connectivity index (χ0) is 12.7. The molecule has 0 radical (unpaired) electrons. The number of aryl methyl sites for hydroxylation is 1. The fourth-order valence-electron chi connectivity index (χ4n) is 3.54. The maximum Gasteiger partial charge on any atom is 0.227 e. The molecule has 3 atom stereocenters. The second-order valence-electron chi connectivity index (χ2n) is 5.79. The Kier molecular flexibility index (Phi) is 2.77. The highest BCUT2D eigenvalue weighted by atomic mass is 16.3. The van der Waals surface area contributed by atoms with Crippen LogP contribution in [0.1, 0.15) is 31.2 Å². The van der Waals surface area contributed by atoms with E-state index < -0.39 is 0 Å². The first-order valence-electron chi connectivity index (χ1n) is 6.74. The Bertz CT molecular complexity index is 483. The van der Waals surface area contributed by atoms with Gasteiger partial charge in [-0.25, -0.2) is 0 Å². The molecule has 2 N–H and O–H groups in total. The van der Waals surface area contributed by atoms with Crippen molar-refractivity contribution in [2.24, 2.45) is 17.8 Å². The van der Waals surface area contributed by atoms with Crippen LogP contribution in [-0.2, 0) is 4.79 Å². The topological polar surface area (TPSA) is 49.3 Å². The molecule has 1 amide bonds. The third kappa shape index (κ3) is 1.98.